The minimum Gasteiger partial charge on any atom is -0.335 e. The third kappa shape index (κ3) is 3.54. The molecule has 0 aromatic carbocycles. The SMILES string of the molecule is O=C(c1nnc2n1CCCC2)N1CCC[C@H](c2nccn2Cc2ccncc2)C1. The molecule has 29 heavy (non-hydrogen) atoms. The zero-order valence-corrected chi connectivity index (χ0v) is 16.4. The summed E-state index contributed by atoms with van der Waals surface area (Å²) in [6.07, 6.45) is 12.6. The standard InChI is InChI=1S/C21H25N7O/c29-21(20-25-24-18-5-1-2-12-28(18)20)27-11-3-4-17(15-27)19-23-10-13-26(19)14-16-6-8-22-9-7-16/h6-10,13,17H,1-5,11-12,14-15H2/t17-/m0/s1. The van der Waals surface area contributed by atoms with E-state index in [0.717, 1.165) is 63.4 Å². The summed E-state index contributed by atoms with van der Waals surface area (Å²) < 4.78 is 4.20. The summed E-state index contributed by atoms with van der Waals surface area (Å²) in [6, 6.07) is 4.05. The van der Waals surface area contributed by atoms with E-state index >= 15 is 0 Å². The van der Waals surface area contributed by atoms with Gasteiger partial charge in [-0.1, -0.05) is 0 Å². The van der Waals surface area contributed by atoms with Crippen molar-refractivity contribution in [2.75, 3.05) is 13.1 Å². The third-order valence-electron chi connectivity index (χ3n) is 5.97. The number of fused-ring (bicyclic) bond motifs is 1. The summed E-state index contributed by atoms with van der Waals surface area (Å²) in [6.45, 7) is 3.05. The highest BCUT2D eigenvalue weighted by atomic mass is 16.2. The molecule has 0 bridgehead atoms. The molecule has 2 aliphatic rings. The van der Waals surface area contributed by atoms with Gasteiger partial charge in [0.25, 0.3) is 5.91 Å². The molecule has 0 spiro atoms. The Balaban J connectivity index is 1.33. The van der Waals surface area contributed by atoms with Crippen LogP contribution in [0.1, 0.15) is 59.4 Å². The van der Waals surface area contributed by atoms with Gasteiger partial charge < -0.3 is 14.0 Å². The fourth-order valence-corrected chi connectivity index (χ4v) is 4.48. The number of aryl methyl sites for hydroxylation is 1. The number of hydrogen-bond donors (Lipinski definition) is 0. The van der Waals surface area contributed by atoms with Crippen molar-refractivity contribution >= 4 is 5.91 Å². The van der Waals surface area contributed by atoms with Crippen molar-refractivity contribution in [3.05, 3.63) is 60.0 Å². The highest BCUT2D eigenvalue weighted by Gasteiger charge is 2.31. The molecule has 0 unspecified atom stereocenters. The number of amides is 1. The molecule has 8 nitrogen and oxygen atoms in total. The zero-order valence-electron chi connectivity index (χ0n) is 16.4. The van der Waals surface area contributed by atoms with E-state index in [-0.39, 0.29) is 11.8 Å². The van der Waals surface area contributed by atoms with Gasteiger partial charge >= 0.3 is 0 Å². The number of aromatic nitrogens is 6. The van der Waals surface area contributed by atoms with Crippen molar-refractivity contribution in [1.82, 2.24) is 34.2 Å². The normalized spacial score (nSPS) is 19.2. The van der Waals surface area contributed by atoms with Crippen LogP contribution in [0.3, 0.4) is 0 Å². The lowest BCUT2D eigenvalue weighted by Gasteiger charge is -2.32. The monoisotopic (exact) mass is 391 g/mol. The molecule has 1 amide bonds. The molecule has 0 saturated carbocycles. The van der Waals surface area contributed by atoms with Crippen LogP contribution in [-0.4, -0.2) is 53.2 Å². The highest BCUT2D eigenvalue weighted by Crippen LogP contribution is 2.27. The number of pyridine rings is 1. The molecule has 0 aliphatic carbocycles. The van der Waals surface area contributed by atoms with Gasteiger partial charge in [0.05, 0.1) is 0 Å². The Labute approximate surface area is 169 Å². The van der Waals surface area contributed by atoms with Crippen LogP contribution in [0.2, 0.25) is 0 Å². The summed E-state index contributed by atoms with van der Waals surface area (Å²) in [5.41, 5.74) is 1.19. The van der Waals surface area contributed by atoms with Crippen molar-refractivity contribution in [2.24, 2.45) is 0 Å². The van der Waals surface area contributed by atoms with Gasteiger partial charge in [0.15, 0.2) is 0 Å². The Morgan fingerprint density at radius 3 is 2.86 bits per heavy atom. The number of hydrogen-bond acceptors (Lipinski definition) is 5. The van der Waals surface area contributed by atoms with E-state index in [4.69, 9.17) is 0 Å². The smallest absolute Gasteiger partial charge is 0.291 e. The van der Waals surface area contributed by atoms with Crippen LogP contribution in [0, 0.1) is 0 Å². The number of rotatable bonds is 4. The van der Waals surface area contributed by atoms with Gasteiger partial charge in [-0.15, -0.1) is 10.2 Å². The first-order valence-electron chi connectivity index (χ1n) is 10.4. The molecule has 1 saturated heterocycles. The summed E-state index contributed by atoms with van der Waals surface area (Å²) in [4.78, 5) is 23.9. The fraction of sp³-hybridized carbons (Fsp3) is 0.476. The largest absolute Gasteiger partial charge is 0.335 e. The Hall–Kier alpha value is -3.03. The fourth-order valence-electron chi connectivity index (χ4n) is 4.48. The summed E-state index contributed by atoms with van der Waals surface area (Å²) in [7, 11) is 0. The first-order valence-corrected chi connectivity index (χ1v) is 10.4. The van der Waals surface area contributed by atoms with Gasteiger partial charge in [-0.05, 0) is 43.4 Å². The molecule has 3 aromatic heterocycles. The van der Waals surface area contributed by atoms with Gasteiger partial charge in [-0.25, -0.2) is 4.98 Å². The predicted octanol–water partition coefficient (Wildman–Crippen LogP) is 2.27. The van der Waals surface area contributed by atoms with Crippen LogP contribution in [0.5, 0.6) is 0 Å². The lowest BCUT2D eigenvalue weighted by atomic mass is 9.97. The second-order valence-electron chi connectivity index (χ2n) is 7.91. The van der Waals surface area contributed by atoms with E-state index in [0.29, 0.717) is 12.4 Å². The maximum atomic E-state index is 13.2. The van der Waals surface area contributed by atoms with E-state index in [9.17, 15) is 4.79 Å². The van der Waals surface area contributed by atoms with Gasteiger partial charge in [0, 0.05) is 63.3 Å². The minimum atomic E-state index is 0.00240. The second kappa shape index (κ2) is 7.77. The minimum absolute atomic E-state index is 0.00240. The lowest BCUT2D eigenvalue weighted by Crippen LogP contribution is -2.41. The third-order valence-corrected chi connectivity index (χ3v) is 5.97. The molecule has 0 radical (unpaired) electrons. The van der Waals surface area contributed by atoms with Gasteiger partial charge in [0.1, 0.15) is 11.6 Å². The van der Waals surface area contributed by atoms with Gasteiger partial charge in [0.2, 0.25) is 5.82 Å². The molecular formula is C21H25N7O. The Kier molecular flexibility index (Phi) is 4.83. The second-order valence-corrected chi connectivity index (χ2v) is 7.91. The maximum Gasteiger partial charge on any atom is 0.291 e. The van der Waals surface area contributed by atoms with Crippen molar-refractivity contribution in [2.45, 2.75) is 51.1 Å². The molecule has 3 aromatic rings. The van der Waals surface area contributed by atoms with E-state index in [1.165, 1.54) is 5.56 Å². The number of piperidine rings is 1. The van der Waals surface area contributed by atoms with Crippen LogP contribution in [0.15, 0.2) is 36.9 Å². The summed E-state index contributed by atoms with van der Waals surface area (Å²) in [5.74, 6) is 2.72. The van der Waals surface area contributed by atoms with Crippen molar-refractivity contribution in [3.63, 3.8) is 0 Å². The molecule has 8 heteroatoms. The Bertz CT molecular complexity index is 994. The van der Waals surface area contributed by atoms with E-state index in [2.05, 4.69) is 24.7 Å². The summed E-state index contributed by atoms with van der Waals surface area (Å²) >= 11 is 0. The number of likely N-dealkylation sites (tertiary alicyclic amines) is 1. The van der Waals surface area contributed by atoms with E-state index < -0.39 is 0 Å². The van der Waals surface area contributed by atoms with Gasteiger partial charge in [-0.3, -0.25) is 9.78 Å². The van der Waals surface area contributed by atoms with Crippen LogP contribution in [0.4, 0.5) is 0 Å². The first kappa shape index (κ1) is 18.0. The molecule has 5 rings (SSSR count). The van der Waals surface area contributed by atoms with Crippen molar-refractivity contribution in [1.29, 1.82) is 0 Å². The topological polar surface area (TPSA) is 81.7 Å². The molecule has 0 N–H and O–H groups in total. The Morgan fingerprint density at radius 1 is 1.07 bits per heavy atom. The van der Waals surface area contributed by atoms with Gasteiger partial charge in [-0.2, -0.15) is 0 Å². The molecule has 1 atom stereocenters. The zero-order chi connectivity index (χ0) is 19.6. The van der Waals surface area contributed by atoms with Crippen LogP contribution in [0.25, 0.3) is 0 Å². The van der Waals surface area contributed by atoms with Crippen molar-refractivity contribution in [3.8, 4) is 0 Å². The quantitative estimate of drug-likeness (QED) is 0.681. The number of carbonyl (C=O) groups is 1. The number of carbonyl (C=O) groups excluding carboxylic acids is 1. The Morgan fingerprint density at radius 2 is 1.97 bits per heavy atom. The van der Waals surface area contributed by atoms with E-state index in [1.54, 1.807) is 0 Å². The van der Waals surface area contributed by atoms with E-state index in [1.807, 2.05) is 46.4 Å². The summed E-state index contributed by atoms with van der Waals surface area (Å²) in [5, 5.41) is 8.48. The first-order chi connectivity index (χ1) is 14.3. The number of nitrogens with zero attached hydrogens (tertiary/aromatic N) is 7. The average molecular weight is 391 g/mol. The van der Waals surface area contributed by atoms with Crippen LogP contribution < -0.4 is 0 Å². The molecule has 2 aliphatic heterocycles. The molecule has 1 fully saturated rings. The van der Waals surface area contributed by atoms with Crippen LogP contribution in [-0.2, 0) is 19.5 Å². The molecule has 5 heterocycles. The lowest BCUT2D eigenvalue weighted by molar-refractivity contribution is 0.0684. The number of imidazole rings is 1. The molecule has 150 valence electrons. The predicted molar refractivity (Wildman–Crippen MR) is 106 cm³/mol. The maximum absolute atomic E-state index is 13.2. The van der Waals surface area contributed by atoms with Crippen LogP contribution >= 0.6 is 0 Å². The average Bonchev–Trinajstić information content (AvgIpc) is 3.41. The highest BCUT2D eigenvalue weighted by molar-refractivity contribution is 5.91. The molecular weight excluding hydrogens is 366 g/mol. The van der Waals surface area contributed by atoms with Crippen molar-refractivity contribution < 1.29 is 4.79 Å².